The monoisotopic (exact) mass is 563 g/mol. The molecule has 0 fully saturated rings. The molecule has 3 aromatic rings. The molecule has 1 aliphatic heterocycles. The Morgan fingerprint density at radius 2 is 1.64 bits per heavy atom. The number of alkyl halides is 1. The molecule has 2 N–H and O–H groups in total. The van der Waals surface area contributed by atoms with E-state index >= 15 is 0 Å². The van der Waals surface area contributed by atoms with Crippen LogP contribution < -0.4 is 24.4 Å². The highest BCUT2D eigenvalue weighted by atomic mass is 32.2. The van der Waals surface area contributed by atoms with Crippen molar-refractivity contribution >= 4 is 27.6 Å². The molecule has 3 amide bonds. The van der Waals surface area contributed by atoms with Gasteiger partial charge in [0.15, 0.2) is 11.5 Å². The first-order valence-corrected chi connectivity index (χ1v) is 13.0. The van der Waals surface area contributed by atoms with Crippen LogP contribution in [0.4, 0.5) is 23.7 Å². The molecule has 39 heavy (non-hydrogen) atoms. The van der Waals surface area contributed by atoms with Gasteiger partial charge in [-0.1, -0.05) is 18.2 Å². The van der Waals surface area contributed by atoms with E-state index in [1.54, 1.807) is 19.1 Å². The van der Waals surface area contributed by atoms with Crippen molar-refractivity contribution in [2.75, 3.05) is 11.9 Å². The van der Waals surface area contributed by atoms with E-state index in [0.29, 0.717) is 11.6 Å². The minimum atomic E-state index is -4.31. The van der Waals surface area contributed by atoms with Crippen LogP contribution in [0, 0.1) is 18.6 Å². The lowest BCUT2D eigenvalue weighted by atomic mass is 10.0. The maximum Gasteiger partial charge on any atom is 0.404 e. The van der Waals surface area contributed by atoms with Crippen molar-refractivity contribution in [3.63, 3.8) is 0 Å². The van der Waals surface area contributed by atoms with Crippen LogP contribution in [0.5, 0.6) is 11.5 Å². The molecule has 0 spiro atoms. The Labute approximate surface area is 222 Å². The predicted octanol–water partition coefficient (Wildman–Crippen LogP) is 3.95. The lowest BCUT2D eigenvalue weighted by Gasteiger charge is -2.25. The minimum Gasteiger partial charge on any atom is -0.423 e. The number of urea groups is 1. The third kappa shape index (κ3) is 6.42. The van der Waals surface area contributed by atoms with Gasteiger partial charge in [-0.05, 0) is 48.4 Å². The smallest absolute Gasteiger partial charge is 0.404 e. The van der Waals surface area contributed by atoms with E-state index in [-0.39, 0.29) is 34.1 Å². The number of sulfonamides is 1. The van der Waals surface area contributed by atoms with E-state index in [1.165, 1.54) is 37.4 Å². The predicted molar refractivity (Wildman–Crippen MR) is 135 cm³/mol. The van der Waals surface area contributed by atoms with E-state index < -0.39 is 45.7 Å². The van der Waals surface area contributed by atoms with Gasteiger partial charge in [-0.3, -0.25) is 4.79 Å². The van der Waals surface area contributed by atoms with Crippen LogP contribution in [-0.4, -0.2) is 39.5 Å². The average molecular weight is 564 g/mol. The molecular weight excluding hydrogens is 539 g/mol. The van der Waals surface area contributed by atoms with Crippen molar-refractivity contribution in [2.45, 2.75) is 37.2 Å². The first kappa shape index (κ1) is 27.8. The fourth-order valence-electron chi connectivity index (χ4n) is 4.03. The Morgan fingerprint density at radius 1 is 1.00 bits per heavy atom. The van der Waals surface area contributed by atoms with Gasteiger partial charge in [-0.25, -0.2) is 26.7 Å². The Balaban J connectivity index is 1.59. The van der Waals surface area contributed by atoms with Gasteiger partial charge in [0, 0.05) is 38.2 Å². The van der Waals surface area contributed by atoms with E-state index in [9.17, 15) is 31.2 Å². The molecule has 206 valence electrons. The van der Waals surface area contributed by atoms with Crippen molar-refractivity contribution in [3.05, 3.63) is 83.4 Å². The fourth-order valence-corrected chi connectivity index (χ4v) is 5.19. The number of likely N-dealkylation sites (N-methyl/N-ethyl adjacent to an activating group) is 1. The van der Waals surface area contributed by atoms with Gasteiger partial charge in [0.2, 0.25) is 5.91 Å². The number of aryl methyl sites for hydroxylation is 1. The summed E-state index contributed by atoms with van der Waals surface area (Å²) in [5.41, 5.74) is 0.623. The molecule has 0 bridgehead atoms. The van der Waals surface area contributed by atoms with Crippen LogP contribution in [-0.2, 0) is 21.2 Å². The second-order valence-corrected chi connectivity index (χ2v) is 10.6. The molecule has 0 aliphatic carbocycles. The zero-order valence-corrected chi connectivity index (χ0v) is 21.8. The van der Waals surface area contributed by atoms with Crippen molar-refractivity contribution < 1.29 is 40.7 Å². The summed E-state index contributed by atoms with van der Waals surface area (Å²) in [5, 5.41) is 2.28. The largest absolute Gasteiger partial charge is 0.423 e. The van der Waals surface area contributed by atoms with Crippen LogP contribution in [0.3, 0.4) is 0 Å². The molecule has 3 aromatic carbocycles. The molecule has 13 heteroatoms. The molecule has 9 nitrogen and oxygen atoms in total. The van der Waals surface area contributed by atoms with Gasteiger partial charge >= 0.3 is 12.1 Å². The van der Waals surface area contributed by atoms with Crippen molar-refractivity contribution in [1.82, 2.24) is 10.0 Å². The Kier molecular flexibility index (Phi) is 7.46. The quantitative estimate of drug-likeness (QED) is 0.450. The number of ether oxygens (including phenoxy) is 2. The van der Waals surface area contributed by atoms with Gasteiger partial charge in [-0.15, -0.1) is 0 Å². The molecule has 1 unspecified atom stereocenters. The van der Waals surface area contributed by atoms with Gasteiger partial charge in [0.05, 0.1) is 4.90 Å². The average Bonchev–Trinajstić information content (AvgIpc) is 3.14. The number of nitrogens with one attached hydrogen (secondary N) is 2. The highest BCUT2D eigenvalue weighted by Gasteiger charge is 2.37. The highest BCUT2D eigenvalue weighted by Crippen LogP contribution is 2.42. The standard InChI is InChI=1S/C26H24F3N3O6S/c1-15-6-4-5-7-23(15)39(35,36)31-25(34)30-20(12-16-10-17(27)13-18(28)11-16)24(33)32(3)19-8-9-21-22(14-19)38-26(2,29)37-21/h4-11,13-14,20H,12H2,1-3H3,(H2,30,31,34)/t20-,26?/m0/s1. The first-order valence-electron chi connectivity index (χ1n) is 11.6. The Hall–Kier alpha value is -4.26. The molecule has 0 radical (unpaired) electrons. The van der Waals surface area contributed by atoms with E-state index in [1.807, 2.05) is 4.72 Å². The summed E-state index contributed by atoms with van der Waals surface area (Å²) in [6.07, 6.45) is -0.386. The molecular formula is C26H24F3N3O6S. The topological polar surface area (TPSA) is 114 Å². The molecule has 1 heterocycles. The molecule has 1 aliphatic rings. The first-order chi connectivity index (χ1) is 18.2. The van der Waals surface area contributed by atoms with Crippen LogP contribution in [0.2, 0.25) is 0 Å². The highest BCUT2D eigenvalue weighted by molar-refractivity contribution is 7.90. The second-order valence-electron chi connectivity index (χ2n) is 8.95. The lowest BCUT2D eigenvalue weighted by Crippen LogP contribution is -2.52. The zero-order valence-electron chi connectivity index (χ0n) is 21.0. The second kappa shape index (κ2) is 10.5. The molecule has 2 atom stereocenters. The molecule has 0 aromatic heterocycles. The summed E-state index contributed by atoms with van der Waals surface area (Å²) in [6.45, 7) is 2.60. The summed E-state index contributed by atoms with van der Waals surface area (Å²) < 4.78 is 79.2. The van der Waals surface area contributed by atoms with Gasteiger partial charge in [-0.2, -0.15) is 4.39 Å². The number of hydrogen-bond donors (Lipinski definition) is 2. The van der Waals surface area contributed by atoms with Crippen molar-refractivity contribution in [1.29, 1.82) is 0 Å². The van der Waals surface area contributed by atoms with Gasteiger partial charge in [0.1, 0.15) is 17.7 Å². The van der Waals surface area contributed by atoms with Gasteiger partial charge in [0.25, 0.3) is 10.0 Å². The number of hydrogen-bond acceptors (Lipinski definition) is 6. The number of benzene rings is 3. The molecule has 0 saturated heterocycles. The Bertz CT molecular complexity index is 1530. The van der Waals surface area contributed by atoms with Crippen molar-refractivity contribution in [3.8, 4) is 11.5 Å². The SMILES string of the molecule is Cc1ccccc1S(=O)(=O)NC(=O)N[C@@H](Cc1cc(F)cc(F)c1)C(=O)N(C)c1ccc2c(c1)OC(C)(F)O2. The zero-order chi connectivity index (χ0) is 28.5. The summed E-state index contributed by atoms with van der Waals surface area (Å²) >= 11 is 0. The summed E-state index contributed by atoms with van der Waals surface area (Å²) in [7, 11) is -2.97. The van der Waals surface area contributed by atoms with Gasteiger partial charge < -0.3 is 19.7 Å². The van der Waals surface area contributed by atoms with Crippen LogP contribution in [0.1, 0.15) is 18.1 Å². The number of halogens is 3. The van der Waals surface area contributed by atoms with Crippen LogP contribution >= 0.6 is 0 Å². The Morgan fingerprint density at radius 3 is 2.31 bits per heavy atom. The third-order valence-electron chi connectivity index (χ3n) is 5.81. The summed E-state index contributed by atoms with van der Waals surface area (Å²) in [6, 6.07) is 7.61. The number of fused-ring (bicyclic) bond motifs is 1. The number of nitrogens with zero attached hydrogens (tertiary/aromatic N) is 1. The molecule has 0 saturated carbocycles. The van der Waals surface area contributed by atoms with E-state index in [0.717, 1.165) is 24.0 Å². The maximum absolute atomic E-state index is 14.1. The van der Waals surface area contributed by atoms with Crippen molar-refractivity contribution in [2.24, 2.45) is 0 Å². The number of anilines is 1. The third-order valence-corrected chi connectivity index (χ3v) is 7.30. The number of carbonyl (C=O) groups is 2. The molecule has 4 rings (SSSR count). The summed E-state index contributed by atoms with van der Waals surface area (Å²) in [5.74, 6) is -2.45. The van der Waals surface area contributed by atoms with Crippen LogP contribution in [0.15, 0.2) is 65.6 Å². The van der Waals surface area contributed by atoms with E-state index in [4.69, 9.17) is 9.47 Å². The fraction of sp³-hybridized carbons (Fsp3) is 0.231. The summed E-state index contributed by atoms with van der Waals surface area (Å²) in [4.78, 5) is 27.2. The lowest BCUT2D eigenvalue weighted by molar-refractivity contribution is -0.173. The van der Waals surface area contributed by atoms with E-state index in [2.05, 4.69) is 5.32 Å². The normalized spacial score (nSPS) is 16.9. The number of amides is 3. The minimum absolute atomic E-state index is 0.0240. The number of rotatable bonds is 7. The van der Waals surface area contributed by atoms with Crippen LogP contribution in [0.25, 0.3) is 0 Å². The maximum atomic E-state index is 14.1. The number of carbonyl (C=O) groups excluding carboxylic acids is 2.